The average Bonchev–Trinajstić information content (AvgIpc) is 3.09. The third-order valence-electron chi connectivity index (χ3n) is 4.51. The van der Waals surface area contributed by atoms with Crippen LogP contribution in [0.5, 0.6) is 0 Å². The van der Waals surface area contributed by atoms with E-state index in [-0.39, 0.29) is 5.54 Å². The lowest BCUT2D eigenvalue weighted by atomic mass is 9.89. The van der Waals surface area contributed by atoms with Gasteiger partial charge in [0.05, 0.1) is 24.2 Å². The number of hydrogen-bond donors (Lipinski definition) is 1. The molecule has 0 fully saturated rings. The largest absolute Gasteiger partial charge is 0.358 e. The molecule has 0 aromatic carbocycles. The van der Waals surface area contributed by atoms with Crippen LogP contribution in [0.2, 0.25) is 0 Å². The van der Waals surface area contributed by atoms with E-state index < -0.39 is 0 Å². The third-order valence-corrected chi connectivity index (χ3v) is 6.36. The van der Waals surface area contributed by atoms with Gasteiger partial charge in [0, 0.05) is 11.4 Å². The zero-order valence-electron chi connectivity index (χ0n) is 15.0. The molecule has 3 aliphatic rings. The Morgan fingerprint density at radius 2 is 2.09 bits per heavy atom. The van der Waals surface area contributed by atoms with Gasteiger partial charge in [-0.05, 0) is 31.1 Å². The van der Waals surface area contributed by atoms with Gasteiger partial charge in [0.1, 0.15) is 0 Å². The van der Waals surface area contributed by atoms with Crippen LogP contribution in [-0.4, -0.2) is 45.2 Å². The van der Waals surface area contributed by atoms with Gasteiger partial charge in [-0.1, -0.05) is 51.2 Å². The van der Waals surface area contributed by atoms with E-state index >= 15 is 0 Å². The van der Waals surface area contributed by atoms with E-state index in [0.717, 1.165) is 17.5 Å². The third kappa shape index (κ3) is 3.43. The first kappa shape index (κ1) is 17.2. The van der Waals surface area contributed by atoms with Crippen molar-refractivity contribution >= 4 is 33.9 Å². The van der Waals surface area contributed by atoms with E-state index in [9.17, 15) is 0 Å². The number of fused-ring (bicyclic) bond motifs is 1. The first-order chi connectivity index (χ1) is 10.8. The van der Waals surface area contributed by atoms with Gasteiger partial charge >= 0.3 is 0 Å². The Morgan fingerprint density at radius 3 is 2.65 bits per heavy atom. The highest BCUT2D eigenvalue weighted by Crippen LogP contribution is 2.41. The summed E-state index contributed by atoms with van der Waals surface area (Å²) in [4.78, 5) is 12.1. The molecule has 4 nitrogen and oxygen atoms in total. The number of thioether (sulfide) groups is 2. The number of amidine groups is 2. The van der Waals surface area contributed by atoms with E-state index in [1.165, 1.54) is 10.9 Å². The normalized spacial score (nSPS) is 28.9. The van der Waals surface area contributed by atoms with Crippen molar-refractivity contribution in [2.45, 2.75) is 59.2 Å². The van der Waals surface area contributed by atoms with E-state index in [4.69, 9.17) is 4.99 Å². The van der Waals surface area contributed by atoms with Crippen molar-refractivity contribution < 1.29 is 0 Å². The molecule has 0 spiro atoms. The van der Waals surface area contributed by atoms with Gasteiger partial charge in [-0.3, -0.25) is 9.98 Å². The predicted octanol–water partition coefficient (Wildman–Crippen LogP) is 3.77. The molecule has 0 aromatic heterocycles. The summed E-state index contributed by atoms with van der Waals surface area (Å²) in [6, 6.07) is 0.897. The predicted molar refractivity (Wildman–Crippen MR) is 104 cm³/mol. The number of nitrogens with zero attached hydrogens (tertiary/aromatic N) is 3. The fraction of sp³-hybridized carbons (Fsp3) is 0.765. The Bertz CT molecular complexity index is 563. The minimum atomic E-state index is 0.102. The zero-order valence-corrected chi connectivity index (χ0v) is 16.6. The minimum absolute atomic E-state index is 0.102. The van der Waals surface area contributed by atoms with Gasteiger partial charge < -0.3 is 10.2 Å². The summed E-state index contributed by atoms with van der Waals surface area (Å²) in [6.45, 7) is 14.5. The minimum Gasteiger partial charge on any atom is -0.358 e. The van der Waals surface area contributed by atoms with E-state index in [1.807, 2.05) is 11.8 Å². The molecule has 0 aromatic rings. The Balaban J connectivity index is 1.67. The van der Waals surface area contributed by atoms with Crippen LogP contribution in [0.25, 0.3) is 0 Å². The van der Waals surface area contributed by atoms with Crippen LogP contribution in [0.1, 0.15) is 41.5 Å². The van der Waals surface area contributed by atoms with Gasteiger partial charge in [0.15, 0.2) is 10.3 Å². The van der Waals surface area contributed by atoms with Crippen LogP contribution in [0, 0.1) is 11.8 Å². The van der Waals surface area contributed by atoms with Crippen molar-refractivity contribution in [3.63, 3.8) is 0 Å². The Kier molecular flexibility index (Phi) is 4.76. The highest BCUT2D eigenvalue weighted by Gasteiger charge is 2.43. The Labute approximate surface area is 148 Å². The fourth-order valence-electron chi connectivity index (χ4n) is 3.33. The van der Waals surface area contributed by atoms with Gasteiger partial charge in [-0.2, -0.15) is 0 Å². The van der Waals surface area contributed by atoms with Crippen molar-refractivity contribution in [3.8, 4) is 0 Å². The second-order valence-electron chi connectivity index (χ2n) is 7.90. The summed E-state index contributed by atoms with van der Waals surface area (Å²) >= 11 is 3.60. The number of nitrogens with one attached hydrogen (secondary N) is 1. The molecule has 0 saturated carbocycles. The highest BCUT2D eigenvalue weighted by atomic mass is 32.2. The summed E-state index contributed by atoms with van der Waals surface area (Å²) in [5, 5.41) is 8.05. The van der Waals surface area contributed by atoms with Gasteiger partial charge in [-0.25, -0.2) is 0 Å². The number of rotatable bonds is 4. The molecule has 2 atom stereocenters. The highest BCUT2D eigenvalue weighted by molar-refractivity contribution is 8.17. The average molecular weight is 353 g/mol. The second kappa shape index (κ2) is 6.36. The van der Waals surface area contributed by atoms with Crippen LogP contribution in [0.3, 0.4) is 0 Å². The smallest absolute Gasteiger partial charge is 0.168 e. The molecule has 3 aliphatic heterocycles. The molecule has 3 heterocycles. The van der Waals surface area contributed by atoms with Crippen LogP contribution >= 0.6 is 23.5 Å². The van der Waals surface area contributed by atoms with Crippen molar-refractivity contribution in [1.82, 2.24) is 10.2 Å². The zero-order chi connectivity index (χ0) is 16.8. The number of aliphatic imine (C=N–C) groups is 2. The van der Waals surface area contributed by atoms with Gasteiger partial charge in [-0.15, -0.1) is 0 Å². The van der Waals surface area contributed by atoms with Crippen LogP contribution in [-0.2, 0) is 0 Å². The van der Waals surface area contributed by atoms with Crippen LogP contribution < -0.4 is 5.32 Å². The molecular formula is C17H28N4S2. The van der Waals surface area contributed by atoms with Crippen molar-refractivity contribution in [1.29, 1.82) is 0 Å². The molecule has 0 bridgehead atoms. The van der Waals surface area contributed by atoms with E-state index in [0.29, 0.717) is 23.9 Å². The molecule has 0 radical (unpaired) electrons. The maximum Gasteiger partial charge on any atom is 0.168 e. The number of hydrogen-bond acceptors (Lipinski definition) is 6. The molecule has 128 valence electrons. The maximum absolute atomic E-state index is 5.00. The maximum atomic E-state index is 5.00. The van der Waals surface area contributed by atoms with Crippen molar-refractivity contribution in [2.24, 2.45) is 21.8 Å². The standard InChI is InChI=1S/C17H28N4S2/c1-10(2)13-14(11(3)4)21-12(8-23-16(21)19-13)7-22-15-18-9-17(5,6)20-15/h8,10-11,13-14H,7,9H2,1-6H3,(H,18,20)/t13-,14-/m1/s1. The lowest BCUT2D eigenvalue weighted by Crippen LogP contribution is -2.43. The summed E-state index contributed by atoms with van der Waals surface area (Å²) in [5.41, 5.74) is 1.49. The second-order valence-corrected chi connectivity index (χ2v) is 9.70. The monoisotopic (exact) mass is 352 g/mol. The SMILES string of the molecule is CC(C)[C@H]1N=C2SC=C(CSC3=NCC(C)(C)N3)N2[C@@H]1C(C)C. The summed E-state index contributed by atoms with van der Waals surface area (Å²) < 4.78 is 0. The summed E-state index contributed by atoms with van der Waals surface area (Å²) in [7, 11) is 0. The molecule has 0 saturated heterocycles. The van der Waals surface area contributed by atoms with Crippen LogP contribution in [0.15, 0.2) is 21.1 Å². The Hall–Kier alpha value is -0.620. The molecule has 23 heavy (non-hydrogen) atoms. The van der Waals surface area contributed by atoms with E-state index in [2.05, 4.69) is 62.2 Å². The molecule has 1 N–H and O–H groups in total. The first-order valence-electron chi connectivity index (χ1n) is 8.46. The molecule has 0 amide bonds. The van der Waals surface area contributed by atoms with Crippen LogP contribution in [0.4, 0.5) is 0 Å². The van der Waals surface area contributed by atoms with Crippen molar-refractivity contribution in [3.05, 3.63) is 11.1 Å². The molecule has 3 rings (SSSR count). The summed E-state index contributed by atoms with van der Waals surface area (Å²) in [5.74, 6) is 2.13. The molecule has 6 heteroatoms. The lowest BCUT2D eigenvalue weighted by Gasteiger charge is -2.33. The quantitative estimate of drug-likeness (QED) is 0.836. The van der Waals surface area contributed by atoms with Gasteiger partial charge in [0.2, 0.25) is 0 Å². The molecule has 0 aliphatic carbocycles. The first-order valence-corrected chi connectivity index (χ1v) is 10.3. The fourth-order valence-corrected chi connectivity index (χ4v) is 5.42. The Morgan fingerprint density at radius 1 is 1.35 bits per heavy atom. The van der Waals surface area contributed by atoms with E-state index in [1.54, 1.807) is 11.8 Å². The topological polar surface area (TPSA) is 40.0 Å². The van der Waals surface area contributed by atoms with Gasteiger partial charge in [0.25, 0.3) is 0 Å². The molecular weight excluding hydrogens is 324 g/mol. The summed E-state index contributed by atoms with van der Waals surface area (Å²) in [6.07, 6.45) is 0. The molecule has 0 unspecified atom stereocenters. The van der Waals surface area contributed by atoms with Crippen molar-refractivity contribution in [2.75, 3.05) is 12.3 Å². The lowest BCUT2D eigenvalue weighted by molar-refractivity contribution is 0.251.